The average Bonchev–Trinajstić information content (AvgIpc) is 3.16. The summed E-state index contributed by atoms with van der Waals surface area (Å²) in [5, 5.41) is 5.77. The molecule has 0 aliphatic carbocycles. The standard InChI is InChI=1S/C19H25N3O3S.ClH/c1-24-15-4-2-14(3-5-15)19(7-10-25-11-8-19)13-21-18(23)16-12-26-17(22-16)6-9-20;/h2-5,12H,6-11,13,20H2,1H3,(H,21,23);1H. The van der Waals surface area contributed by atoms with Gasteiger partial charge in [-0.3, -0.25) is 4.79 Å². The fourth-order valence-electron chi connectivity index (χ4n) is 3.27. The minimum Gasteiger partial charge on any atom is -0.497 e. The molecule has 1 aliphatic heterocycles. The van der Waals surface area contributed by atoms with Crippen molar-refractivity contribution >= 4 is 29.7 Å². The topological polar surface area (TPSA) is 86.5 Å². The molecule has 1 aromatic heterocycles. The van der Waals surface area contributed by atoms with Crippen molar-refractivity contribution in [2.24, 2.45) is 5.73 Å². The Kier molecular flexibility index (Phi) is 8.04. The summed E-state index contributed by atoms with van der Waals surface area (Å²) in [4.78, 5) is 16.9. The Balaban J connectivity index is 0.00000261. The van der Waals surface area contributed by atoms with Gasteiger partial charge in [0.15, 0.2) is 0 Å². The number of ether oxygens (including phenoxy) is 2. The van der Waals surface area contributed by atoms with E-state index in [9.17, 15) is 4.79 Å². The molecular weight excluding hydrogens is 386 g/mol. The van der Waals surface area contributed by atoms with E-state index in [-0.39, 0.29) is 23.7 Å². The molecule has 1 amide bonds. The number of nitrogens with zero attached hydrogens (tertiary/aromatic N) is 1. The van der Waals surface area contributed by atoms with Gasteiger partial charge in [0.2, 0.25) is 0 Å². The minimum atomic E-state index is -0.135. The van der Waals surface area contributed by atoms with Crippen molar-refractivity contribution in [1.29, 1.82) is 0 Å². The van der Waals surface area contributed by atoms with Crippen molar-refractivity contribution in [2.75, 3.05) is 33.4 Å². The van der Waals surface area contributed by atoms with Crippen LogP contribution in [0.2, 0.25) is 0 Å². The third-order valence-corrected chi connectivity index (χ3v) is 5.79. The largest absolute Gasteiger partial charge is 0.497 e. The van der Waals surface area contributed by atoms with Crippen LogP contribution in [0.3, 0.4) is 0 Å². The van der Waals surface area contributed by atoms with Crippen LogP contribution in [0.25, 0.3) is 0 Å². The van der Waals surface area contributed by atoms with Gasteiger partial charge in [0.1, 0.15) is 11.4 Å². The Morgan fingerprint density at radius 1 is 1.33 bits per heavy atom. The first-order chi connectivity index (χ1) is 12.7. The molecule has 0 bridgehead atoms. The first-order valence-corrected chi connectivity index (χ1v) is 9.70. The Hall–Kier alpha value is -1.67. The van der Waals surface area contributed by atoms with E-state index in [2.05, 4.69) is 22.4 Å². The molecule has 2 heterocycles. The van der Waals surface area contributed by atoms with Gasteiger partial charge < -0.3 is 20.5 Å². The van der Waals surface area contributed by atoms with Gasteiger partial charge in [-0.15, -0.1) is 23.7 Å². The highest BCUT2D eigenvalue weighted by Crippen LogP contribution is 2.35. The van der Waals surface area contributed by atoms with Gasteiger partial charge in [-0.25, -0.2) is 4.98 Å². The van der Waals surface area contributed by atoms with E-state index in [4.69, 9.17) is 15.2 Å². The molecule has 27 heavy (non-hydrogen) atoms. The molecule has 148 valence electrons. The number of carbonyl (C=O) groups excluding carboxylic acids is 1. The van der Waals surface area contributed by atoms with Gasteiger partial charge in [-0.1, -0.05) is 12.1 Å². The smallest absolute Gasteiger partial charge is 0.270 e. The molecule has 6 nitrogen and oxygen atoms in total. The summed E-state index contributed by atoms with van der Waals surface area (Å²) in [6, 6.07) is 8.10. The summed E-state index contributed by atoms with van der Waals surface area (Å²) < 4.78 is 10.8. The van der Waals surface area contributed by atoms with E-state index >= 15 is 0 Å². The third-order valence-electron chi connectivity index (χ3n) is 4.88. The van der Waals surface area contributed by atoms with Gasteiger partial charge in [0.05, 0.1) is 12.1 Å². The quantitative estimate of drug-likeness (QED) is 0.731. The lowest BCUT2D eigenvalue weighted by molar-refractivity contribution is 0.0486. The number of nitrogens with one attached hydrogen (secondary N) is 1. The lowest BCUT2D eigenvalue weighted by atomic mass is 9.74. The zero-order valence-electron chi connectivity index (χ0n) is 15.4. The highest BCUT2D eigenvalue weighted by molar-refractivity contribution is 7.09. The van der Waals surface area contributed by atoms with Crippen LogP contribution in [-0.2, 0) is 16.6 Å². The van der Waals surface area contributed by atoms with Crippen LogP contribution in [0.1, 0.15) is 33.9 Å². The highest BCUT2D eigenvalue weighted by atomic mass is 35.5. The number of halogens is 1. The number of nitrogens with two attached hydrogens (primary N) is 1. The molecule has 0 radical (unpaired) electrons. The van der Waals surface area contributed by atoms with Gasteiger partial charge in [0.25, 0.3) is 5.91 Å². The van der Waals surface area contributed by atoms with Crippen molar-refractivity contribution < 1.29 is 14.3 Å². The number of aromatic nitrogens is 1. The molecule has 1 fully saturated rings. The van der Waals surface area contributed by atoms with Crippen LogP contribution in [0.5, 0.6) is 5.75 Å². The number of carbonyl (C=O) groups is 1. The van der Waals surface area contributed by atoms with Crippen LogP contribution in [0, 0.1) is 0 Å². The predicted octanol–water partition coefficient (Wildman–Crippen LogP) is 2.55. The summed E-state index contributed by atoms with van der Waals surface area (Å²) in [5.74, 6) is 0.693. The fourth-order valence-corrected chi connectivity index (χ4v) is 4.06. The Bertz CT molecular complexity index is 730. The van der Waals surface area contributed by atoms with Crippen molar-refractivity contribution in [3.8, 4) is 5.75 Å². The lowest BCUT2D eigenvalue weighted by Crippen LogP contribution is -2.44. The van der Waals surface area contributed by atoms with Gasteiger partial charge in [-0.2, -0.15) is 0 Å². The maximum Gasteiger partial charge on any atom is 0.270 e. The molecule has 8 heteroatoms. The van der Waals surface area contributed by atoms with Crippen LogP contribution < -0.4 is 15.8 Å². The van der Waals surface area contributed by atoms with E-state index in [0.717, 1.165) is 23.6 Å². The van der Waals surface area contributed by atoms with Crippen molar-refractivity contribution in [1.82, 2.24) is 10.3 Å². The summed E-state index contributed by atoms with van der Waals surface area (Å²) in [5.41, 5.74) is 7.09. The molecule has 0 spiro atoms. The molecular formula is C19H26ClN3O3S. The Labute approximate surface area is 169 Å². The summed E-state index contributed by atoms with van der Waals surface area (Å²) in [6.45, 7) is 2.49. The number of methoxy groups -OCH3 is 1. The SMILES string of the molecule is COc1ccc(C2(CNC(=O)c3csc(CCN)n3)CCOCC2)cc1.Cl. The highest BCUT2D eigenvalue weighted by Gasteiger charge is 2.35. The zero-order valence-corrected chi connectivity index (χ0v) is 17.0. The predicted molar refractivity (Wildman–Crippen MR) is 109 cm³/mol. The Morgan fingerprint density at radius 2 is 2.04 bits per heavy atom. The summed E-state index contributed by atoms with van der Waals surface area (Å²) in [7, 11) is 1.66. The monoisotopic (exact) mass is 411 g/mol. The maximum absolute atomic E-state index is 12.5. The average molecular weight is 412 g/mol. The van der Waals surface area contributed by atoms with Crippen LogP contribution >= 0.6 is 23.7 Å². The van der Waals surface area contributed by atoms with Gasteiger partial charge >= 0.3 is 0 Å². The molecule has 1 aromatic carbocycles. The number of rotatable bonds is 7. The maximum atomic E-state index is 12.5. The molecule has 0 unspecified atom stereocenters. The van der Waals surface area contributed by atoms with Crippen LogP contribution in [0.15, 0.2) is 29.6 Å². The second-order valence-electron chi connectivity index (χ2n) is 6.47. The molecule has 3 N–H and O–H groups in total. The van der Waals surface area contributed by atoms with E-state index < -0.39 is 0 Å². The normalized spacial score (nSPS) is 15.6. The summed E-state index contributed by atoms with van der Waals surface area (Å²) in [6.07, 6.45) is 2.44. The van der Waals surface area contributed by atoms with Gasteiger partial charge in [0, 0.05) is 37.0 Å². The third kappa shape index (κ3) is 5.19. The second-order valence-corrected chi connectivity index (χ2v) is 7.41. The van der Waals surface area contributed by atoms with Crippen molar-refractivity contribution in [2.45, 2.75) is 24.7 Å². The zero-order chi connectivity index (χ0) is 18.4. The van der Waals surface area contributed by atoms with Crippen molar-refractivity contribution in [3.05, 3.63) is 45.9 Å². The first kappa shape index (κ1) is 21.6. The molecule has 0 saturated carbocycles. The summed E-state index contributed by atoms with van der Waals surface area (Å²) >= 11 is 1.48. The van der Waals surface area contributed by atoms with Crippen LogP contribution in [-0.4, -0.2) is 44.3 Å². The molecule has 3 rings (SSSR count). The lowest BCUT2D eigenvalue weighted by Gasteiger charge is -2.38. The molecule has 2 aromatic rings. The van der Waals surface area contributed by atoms with Crippen molar-refractivity contribution in [3.63, 3.8) is 0 Å². The number of amides is 1. The Morgan fingerprint density at radius 3 is 2.67 bits per heavy atom. The van der Waals surface area contributed by atoms with E-state index in [1.807, 2.05) is 12.1 Å². The number of benzene rings is 1. The molecule has 1 saturated heterocycles. The number of hydrogen-bond donors (Lipinski definition) is 2. The van der Waals surface area contributed by atoms with Crippen LogP contribution in [0.4, 0.5) is 0 Å². The second kappa shape index (κ2) is 10.0. The fraction of sp³-hybridized carbons (Fsp3) is 0.474. The minimum absolute atomic E-state index is 0. The molecule has 0 atom stereocenters. The van der Waals surface area contributed by atoms with Gasteiger partial charge in [-0.05, 0) is 37.1 Å². The number of hydrogen-bond acceptors (Lipinski definition) is 6. The van der Waals surface area contributed by atoms with E-state index in [1.54, 1.807) is 12.5 Å². The number of thiazole rings is 1. The first-order valence-electron chi connectivity index (χ1n) is 8.82. The van der Waals surface area contributed by atoms with E-state index in [1.165, 1.54) is 16.9 Å². The van der Waals surface area contributed by atoms with E-state index in [0.29, 0.717) is 38.4 Å². The molecule has 1 aliphatic rings.